The summed E-state index contributed by atoms with van der Waals surface area (Å²) in [6.45, 7) is 9.63. The number of aryl methyl sites for hydroxylation is 2. The second-order valence-corrected chi connectivity index (χ2v) is 5.59. The third kappa shape index (κ3) is 1.97. The molecule has 2 N–H and O–H groups in total. The van der Waals surface area contributed by atoms with E-state index in [1.807, 2.05) is 19.1 Å². The summed E-state index contributed by atoms with van der Waals surface area (Å²) in [7, 11) is 0. The van der Waals surface area contributed by atoms with E-state index in [2.05, 4.69) is 13.8 Å². The number of benzene rings is 2. The molecule has 0 bridgehead atoms. The van der Waals surface area contributed by atoms with Gasteiger partial charge in [0.25, 0.3) is 0 Å². The molecule has 0 saturated heterocycles. The maximum atomic E-state index is 10.1. The quantitative estimate of drug-likeness (QED) is 0.803. The maximum Gasteiger partial charge on any atom is 0.123 e. The maximum absolute atomic E-state index is 10.1. The molecule has 0 aromatic heterocycles. The molecule has 0 saturated carbocycles. The predicted octanol–water partition coefficient (Wildman–Crippen LogP) is 3.70. The SMILES string of the molecule is Cc1cc2c(O)cc(C(C)(C)O)cc2c(C)c1C. The zero-order valence-electron chi connectivity index (χ0n) is 11.6. The molecule has 0 aliphatic heterocycles. The van der Waals surface area contributed by atoms with Crippen LogP contribution < -0.4 is 0 Å². The van der Waals surface area contributed by atoms with Crippen molar-refractivity contribution < 1.29 is 10.2 Å². The summed E-state index contributed by atoms with van der Waals surface area (Å²) >= 11 is 0. The summed E-state index contributed by atoms with van der Waals surface area (Å²) < 4.78 is 0. The summed E-state index contributed by atoms with van der Waals surface area (Å²) in [6.07, 6.45) is 0. The Kier molecular flexibility index (Phi) is 2.86. The molecular formula is C16H20O2. The Hall–Kier alpha value is -1.54. The lowest BCUT2D eigenvalue weighted by molar-refractivity contribution is 0.0785. The van der Waals surface area contributed by atoms with Gasteiger partial charge in [-0.15, -0.1) is 0 Å². The van der Waals surface area contributed by atoms with Gasteiger partial charge >= 0.3 is 0 Å². The summed E-state index contributed by atoms with van der Waals surface area (Å²) in [5.74, 6) is 0.232. The average Bonchev–Trinajstić information content (AvgIpc) is 2.26. The van der Waals surface area contributed by atoms with Gasteiger partial charge in [0, 0.05) is 5.39 Å². The van der Waals surface area contributed by atoms with E-state index in [0.717, 1.165) is 21.9 Å². The van der Waals surface area contributed by atoms with Crippen LogP contribution in [0.5, 0.6) is 5.75 Å². The van der Waals surface area contributed by atoms with Crippen LogP contribution in [-0.4, -0.2) is 10.2 Å². The highest BCUT2D eigenvalue weighted by atomic mass is 16.3. The van der Waals surface area contributed by atoms with Gasteiger partial charge in [-0.3, -0.25) is 0 Å². The molecule has 0 heterocycles. The van der Waals surface area contributed by atoms with Gasteiger partial charge in [0.2, 0.25) is 0 Å². The van der Waals surface area contributed by atoms with Crippen molar-refractivity contribution in [2.45, 2.75) is 40.2 Å². The smallest absolute Gasteiger partial charge is 0.123 e. The fourth-order valence-corrected chi connectivity index (χ4v) is 2.28. The Labute approximate surface area is 108 Å². The first-order chi connectivity index (χ1) is 8.21. The number of aliphatic hydroxyl groups is 1. The predicted molar refractivity (Wildman–Crippen MR) is 75.1 cm³/mol. The molecule has 96 valence electrons. The van der Waals surface area contributed by atoms with Crippen LogP contribution in [0.3, 0.4) is 0 Å². The van der Waals surface area contributed by atoms with E-state index in [4.69, 9.17) is 0 Å². The number of hydrogen-bond donors (Lipinski definition) is 2. The lowest BCUT2D eigenvalue weighted by atomic mass is 9.90. The second kappa shape index (κ2) is 3.99. The first-order valence-corrected chi connectivity index (χ1v) is 6.18. The molecular weight excluding hydrogens is 224 g/mol. The molecule has 0 aliphatic rings. The number of phenolic OH excluding ortho intramolecular Hbond substituents is 1. The minimum atomic E-state index is -0.948. The monoisotopic (exact) mass is 244 g/mol. The number of rotatable bonds is 1. The highest BCUT2D eigenvalue weighted by molar-refractivity contribution is 5.93. The largest absolute Gasteiger partial charge is 0.507 e. The lowest BCUT2D eigenvalue weighted by Gasteiger charge is -2.20. The minimum Gasteiger partial charge on any atom is -0.507 e. The highest BCUT2D eigenvalue weighted by Crippen LogP contribution is 2.35. The van der Waals surface area contributed by atoms with E-state index in [1.54, 1.807) is 19.9 Å². The highest BCUT2D eigenvalue weighted by Gasteiger charge is 2.19. The number of hydrogen-bond acceptors (Lipinski definition) is 2. The van der Waals surface area contributed by atoms with Gasteiger partial charge in [0.15, 0.2) is 0 Å². The second-order valence-electron chi connectivity index (χ2n) is 5.59. The molecule has 0 spiro atoms. The average molecular weight is 244 g/mol. The van der Waals surface area contributed by atoms with Crippen LogP contribution in [0, 0.1) is 20.8 Å². The molecule has 0 amide bonds. The van der Waals surface area contributed by atoms with Crippen molar-refractivity contribution in [1.82, 2.24) is 0 Å². The molecule has 2 rings (SSSR count). The molecule has 2 aromatic carbocycles. The Morgan fingerprint density at radius 2 is 1.50 bits per heavy atom. The molecule has 0 atom stereocenters. The minimum absolute atomic E-state index is 0.232. The van der Waals surface area contributed by atoms with Crippen LogP contribution in [-0.2, 0) is 5.60 Å². The molecule has 18 heavy (non-hydrogen) atoms. The van der Waals surface area contributed by atoms with Crippen molar-refractivity contribution >= 4 is 10.8 Å². The summed E-state index contributed by atoms with van der Waals surface area (Å²) in [4.78, 5) is 0. The van der Waals surface area contributed by atoms with Crippen molar-refractivity contribution in [3.8, 4) is 5.75 Å². The first-order valence-electron chi connectivity index (χ1n) is 6.18. The summed E-state index contributed by atoms with van der Waals surface area (Å²) in [5.41, 5.74) is 3.35. The Morgan fingerprint density at radius 3 is 2.06 bits per heavy atom. The molecule has 0 aliphatic carbocycles. The van der Waals surface area contributed by atoms with E-state index >= 15 is 0 Å². The van der Waals surface area contributed by atoms with Crippen molar-refractivity contribution in [3.63, 3.8) is 0 Å². The molecule has 0 unspecified atom stereocenters. The number of aromatic hydroxyl groups is 1. The van der Waals surface area contributed by atoms with Gasteiger partial charge in [-0.1, -0.05) is 0 Å². The Morgan fingerprint density at radius 1 is 0.889 bits per heavy atom. The van der Waals surface area contributed by atoms with Gasteiger partial charge in [0.05, 0.1) is 5.60 Å². The van der Waals surface area contributed by atoms with E-state index in [-0.39, 0.29) is 5.75 Å². The number of phenols is 1. The van der Waals surface area contributed by atoms with Crippen molar-refractivity contribution in [3.05, 3.63) is 40.5 Å². The van der Waals surface area contributed by atoms with Crippen LogP contribution in [0.4, 0.5) is 0 Å². The normalized spacial score (nSPS) is 12.1. The van der Waals surface area contributed by atoms with Crippen LogP contribution in [0.1, 0.15) is 36.1 Å². The summed E-state index contributed by atoms with van der Waals surface area (Å²) in [5, 5.41) is 22.1. The van der Waals surface area contributed by atoms with E-state index in [9.17, 15) is 10.2 Å². The van der Waals surface area contributed by atoms with E-state index < -0.39 is 5.60 Å². The molecule has 2 heteroatoms. The van der Waals surface area contributed by atoms with Crippen molar-refractivity contribution in [2.24, 2.45) is 0 Å². The van der Waals surface area contributed by atoms with Crippen LogP contribution in [0.25, 0.3) is 10.8 Å². The van der Waals surface area contributed by atoms with Crippen molar-refractivity contribution in [2.75, 3.05) is 0 Å². The summed E-state index contributed by atoms with van der Waals surface area (Å²) in [6, 6.07) is 5.62. The van der Waals surface area contributed by atoms with Gasteiger partial charge in [0.1, 0.15) is 5.75 Å². The van der Waals surface area contributed by atoms with Gasteiger partial charge in [-0.2, -0.15) is 0 Å². The van der Waals surface area contributed by atoms with Gasteiger partial charge < -0.3 is 10.2 Å². The molecule has 0 fully saturated rings. The zero-order chi connectivity index (χ0) is 13.7. The van der Waals surface area contributed by atoms with Crippen LogP contribution in [0.15, 0.2) is 18.2 Å². The fourth-order valence-electron chi connectivity index (χ4n) is 2.28. The Balaban J connectivity index is 2.88. The third-order valence-electron chi connectivity index (χ3n) is 3.78. The van der Waals surface area contributed by atoms with E-state index in [1.165, 1.54) is 11.1 Å². The Bertz CT molecular complexity index is 619. The standard InChI is InChI=1S/C16H20O2/c1-9-6-14-13(11(3)10(9)2)7-12(8-15(14)17)16(4,5)18/h6-8,17-18H,1-5H3. The number of fused-ring (bicyclic) bond motifs is 1. The first kappa shape index (κ1) is 12.9. The van der Waals surface area contributed by atoms with Crippen molar-refractivity contribution in [1.29, 1.82) is 0 Å². The molecule has 0 radical (unpaired) electrons. The van der Waals surface area contributed by atoms with E-state index in [0.29, 0.717) is 0 Å². The fraction of sp³-hybridized carbons (Fsp3) is 0.375. The topological polar surface area (TPSA) is 40.5 Å². The van der Waals surface area contributed by atoms with Gasteiger partial charge in [-0.25, -0.2) is 0 Å². The molecule has 2 aromatic rings. The van der Waals surface area contributed by atoms with Crippen LogP contribution in [0.2, 0.25) is 0 Å². The van der Waals surface area contributed by atoms with Crippen LogP contribution >= 0.6 is 0 Å². The molecule has 2 nitrogen and oxygen atoms in total. The zero-order valence-corrected chi connectivity index (χ0v) is 11.6. The van der Waals surface area contributed by atoms with Gasteiger partial charge in [-0.05, 0) is 80.5 Å². The lowest BCUT2D eigenvalue weighted by Crippen LogP contribution is -2.15. The third-order valence-corrected chi connectivity index (χ3v) is 3.78.